The molecule has 1 N–H and O–H groups in total. The normalized spacial score (nSPS) is 12.2. The van der Waals surface area contributed by atoms with Gasteiger partial charge in [-0.3, -0.25) is 13.9 Å². The molecule has 2 rings (SSSR count). The smallest absolute Gasteiger partial charge is 0.244 e. The van der Waals surface area contributed by atoms with Gasteiger partial charge in [-0.15, -0.1) is 0 Å². The number of sulfonamides is 1. The molecule has 2 amide bonds. The van der Waals surface area contributed by atoms with Crippen LogP contribution in [0.4, 0.5) is 10.1 Å². The Kier molecular flexibility index (Phi) is 9.51. The maximum absolute atomic E-state index is 14.3. The summed E-state index contributed by atoms with van der Waals surface area (Å²) in [5.41, 5.74) is 0.287. The lowest BCUT2D eigenvalue weighted by Gasteiger charge is -2.31. The lowest BCUT2D eigenvalue weighted by atomic mass is 10.1. The maximum atomic E-state index is 14.3. The Morgan fingerprint density at radius 3 is 2.27 bits per heavy atom. The van der Waals surface area contributed by atoms with E-state index >= 15 is 0 Å². The molecule has 0 unspecified atom stereocenters. The second-order valence-corrected chi connectivity index (χ2v) is 10.3. The van der Waals surface area contributed by atoms with E-state index in [9.17, 15) is 22.4 Å². The molecule has 2 aromatic carbocycles. The van der Waals surface area contributed by atoms with Crippen LogP contribution in [0.3, 0.4) is 0 Å². The number of carbonyl (C=O) groups is 2. The second-order valence-electron chi connectivity index (χ2n) is 7.48. The SMILES string of the molecule is CCCNC(=O)[C@H](C)N(Cc1ccccc1F)C(=O)CN(c1cc(Cl)cc(Cl)c1)S(C)(=O)=O. The van der Waals surface area contributed by atoms with E-state index in [0.29, 0.717) is 13.0 Å². The number of benzene rings is 2. The zero-order valence-electron chi connectivity index (χ0n) is 18.5. The van der Waals surface area contributed by atoms with Crippen LogP contribution in [0.25, 0.3) is 0 Å². The van der Waals surface area contributed by atoms with Crippen LogP contribution >= 0.6 is 23.2 Å². The van der Waals surface area contributed by atoms with E-state index in [1.54, 1.807) is 6.07 Å². The van der Waals surface area contributed by atoms with Crippen molar-refractivity contribution in [2.45, 2.75) is 32.9 Å². The summed E-state index contributed by atoms with van der Waals surface area (Å²) in [5.74, 6) is -1.67. The molecule has 7 nitrogen and oxygen atoms in total. The first-order chi connectivity index (χ1) is 15.4. The number of hydrogen-bond donors (Lipinski definition) is 1. The van der Waals surface area contributed by atoms with Crippen molar-refractivity contribution in [1.29, 1.82) is 0 Å². The molecule has 2 aromatic rings. The van der Waals surface area contributed by atoms with E-state index in [-0.39, 0.29) is 27.8 Å². The number of carbonyl (C=O) groups excluding carboxylic acids is 2. The van der Waals surface area contributed by atoms with E-state index in [2.05, 4.69) is 5.32 Å². The summed E-state index contributed by atoms with van der Waals surface area (Å²) in [6.07, 6.45) is 1.63. The number of halogens is 3. The molecule has 33 heavy (non-hydrogen) atoms. The van der Waals surface area contributed by atoms with Crippen LogP contribution in [-0.2, 0) is 26.2 Å². The largest absolute Gasteiger partial charge is 0.354 e. The third-order valence-electron chi connectivity index (χ3n) is 4.83. The standard InChI is InChI=1S/C22H26Cl2FN3O4S/c1-4-9-26-22(30)15(2)27(13-16-7-5-6-8-20(16)25)21(29)14-28(33(3,31)32)19-11-17(23)10-18(24)12-19/h5-8,10-12,15H,4,9,13-14H2,1-3H3,(H,26,30)/t15-/m0/s1. The van der Waals surface area contributed by atoms with Gasteiger partial charge in [0.2, 0.25) is 21.8 Å². The minimum absolute atomic E-state index is 0.0947. The van der Waals surface area contributed by atoms with Crippen LogP contribution in [-0.4, -0.2) is 50.5 Å². The highest BCUT2D eigenvalue weighted by Crippen LogP contribution is 2.27. The Balaban J connectivity index is 2.42. The second kappa shape index (κ2) is 11.7. The zero-order chi connectivity index (χ0) is 24.8. The van der Waals surface area contributed by atoms with Crippen molar-refractivity contribution >= 4 is 50.7 Å². The molecule has 0 aromatic heterocycles. The van der Waals surface area contributed by atoms with Gasteiger partial charge < -0.3 is 10.2 Å². The van der Waals surface area contributed by atoms with E-state index in [1.807, 2.05) is 6.92 Å². The molecule has 0 fully saturated rings. The average Bonchev–Trinajstić information content (AvgIpc) is 2.73. The van der Waals surface area contributed by atoms with Crippen molar-refractivity contribution in [2.24, 2.45) is 0 Å². The molecule has 11 heteroatoms. The lowest BCUT2D eigenvalue weighted by Crippen LogP contribution is -2.51. The monoisotopic (exact) mass is 517 g/mol. The predicted molar refractivity (Wildman–Crippen MR) is 128 cm³/mol. The van der Waals surface area contributed by atoms with Gasteiger partial charge in [-0.05, 0) is 37.6 Å². The van der Waals surface area contributed by atoms with E-state index in [0.717, 1.165) is 15.5 Å². The maximum Gasteiger partial charge on any atom is 0.244 e. The van der Waals surface area contributed by atoms with Crippen LogP contribution in [0.15, 0.2) is 42.5 Å². The highest BCUT2D eigenvalue weighted by atomic mass is 35.5. The number of rotatable bonds is 10. The molecular formula is C22H26Cl2FN3O4S. The summed E-state index contributed by atoms with van der Waals surface area (Å²) >= 11 is 12.0. The van der Waals surface area contributed by atoms with Gasteiger partial charge in [0.05, 0.1) is 11.9 Å². The fourth-order valence-electron chi connectivity index (χ4n) is 3.09. The summed E-state index contributed by atoms with van der Waals surface area (Å²) in [4.78, 5) is 27.1. The molecular weight excluding hydrogens is 492 g/mol. The highest BCUT2D eigenvalue weighted by Gasteiger charge is 2.30. The van der Waals surface area contributed by atoms with Crippen molar-refractivity contribution in [3.63, 3.8) is 0 Å². The van der Waals surface area contributed by atoms with Crippen molar-refractivity contribution in [1.82, 2.24) is 10.2 Å². The van der Waals surface area contributed by atoms with Crippen molar-refractivity contribution < 1.29 is 22.4 Å². The summed E-state index contributed by atoms with van der Waals surface area (Å²) in [7, 11) is -3.93. The minimum Gasteiger partial charge on any atom is -0.354 e. The van der Waals surface area contributed by atoms with Gasteiger partial charge in [-0.2, -0.15) is 0 Å². The lowest BCUT2D eigenvalue weighted by molar-refractivity contribution is -0.139. The molecule has 1 atom stereocenters. The number of amides is 2. The molecule has 0 aliphatic heterocycles. The fourth-order valence-corrected chi connectivity index (χ4v) is 4.43. The molecule has 0 bridgehead atoms. The molecule has 0 saturated carbocycles. The number of anilines is 1. The van der Waals surface area contributed by atoms with Gasteiger partial charge in [-0.1, -0.05) is 48.3 Å². The molecule has 0 aliphatic carbocycles. The molecule has 0 heterocycles. The molecule has 0 radical (unpaired) electrons. The Morgan fingerprint density at radius 1 is 1.12 bits per heavy atom. The summed E-state index contributed by atoms with van der Waals surface area (Å²) in [6.45, 7) is 2.94. The van der Waals surface area contributed by atoms with Crippen molar-refractivity contribution in [3.05, 3.63) is 63.9 Å². The summed E-state index contributed by atoms with van der Waals surface area (Å²) < 4.78 is 40.2. The van der Waals surface area contributed by atoms with E-state index < -0.39 is 40.2 Å². The number of hydrogen-bond acceptors (Lipinski definition) is 4. The molecule has 0 saturated heterocycles. The van der Waals surface area contributed by atoms with Crippen LogP contribution < -0.4 is 9.62 Å². The minimum atomic E-state index is -3.93. The topological polar surface area (TPSA) is 86.8 Å². The van der Waals surface area contributed by atoms with Crippen molar-refractivity contribution in [2.75, 3.05) is 23.7 Å². The van der Waals surface area contributed by atoms with Gasteiger partial charge >= 0.3 is 0 Å². The van der Waals surface area contributed by atoms with Crippen molar-refractivity contribution in [3.8, 4) is 0 Å². The zero-order valence-corrected chi connectivity index (χ0v) is 20.8. The van der Waals surface area contributed by atoms with Gasteiger partial charge in [-0.25, -0.2) is 12.8 Å². The van der Waals surface area contributed by atoms with Crippen LogP contribution in [0.1, 0.15) is 25.8 Å². The number of nitrogens with zero attached hydrogens (tertiary/aromatic N) is 2. The highest BCUT2D eigenvalue weighted by molar-refractivity contribution is 7.92. The van der Waals surface area contributed by atoms with Gasteiger partial charge in [0.1, 0.15) is 18.4 Å². The molecule has 180 valence electrons. The Labute approximate surface area is 203 Å². The third-order valence-corrected chi connectivity index (χ3v) is 6.41. The van der Waals surface area contributed by atoms with Crippen LogP contribution in [0.2, 0.25) is 10.0 Å². The Hall–Kier alpha value is -2.36. The molecule has 0 aliphatic rings. The first kappa shape index (κ1) is 26.9. The summed E-state index contributed by atoms with van der Waals surface area (Å²) in [5, 5.41) is 3.08. The summed E-state index contributed by atoms with van der Waals surface area (Å²) in [6, 6.07) is 9.04. The third kappa shape index (κ3) is 7.58. The van der Waals surface area contributed by atoms with E-state index in [1.165, 1.54) is 43.3 Å². The Morgan fingerprint density at radius 2 is 1.73 bits per heavy atom. The predicted octanol–water partition coefficient (Wildman–Crippen LogP) is 3.84. The van der Waals surface area contributed by atoms with Crippen LogP contribution in [0, 0.1) is 5.82 Å². The Bertz CT molecular complexity index is 1090. The van der Waals surface area contributed by atoms with Gasteiger partial charge in [0.15, 0.2) is 0 Å². The van der Waals surface area contributed by atoms with E-state index in [4.69, 9.17) is 23.2 Å². The quantitative estimate of drug-likeness (QED) is 0.518. The molecule has 0 spiro atoms. The van der Waals surface area contributed by atoms with Crippen LogP contribution in [0.5, 0.6) is 0 Å². The van der Waals surface area contributed by atoms with Gasteiger partial charge in [0.25, 0.3) is 0 Å². The fraction of sp³-hybridized carbons (Fsp3) is 0.364. The van der Waals surface area contributed by atoms with Gasteiger partial charge in [0, 0.05) is 28.7 Å². The average molecular weight is 518 g/mol. The first-order valence-electron chi connectivity index (χ1n) is 10.2. The number of nitrogens with one attached hydrogen (secondary N) is 1. The first-order valence-corrected chi connectivity index (χ1v) is 12.8.